The van der Waals surface area contributed by atoms with Crippen LogP contribution >= 0.6 is 0 Å². The SMILES string of the molecule is CCOc1ccc(C(NN)C2CC3CCC(C2)N3C)cc1. The Bertz CT molecular complexity index is 448. The van der Waals surface area contributed by atoms with Crippen LogP contribution in [0.5, 0.6) is 5.75 Å². The van der Waals surface area contributed by atoms with Gasteiger partial charge in [0.2, 0.25) is 0 Å². The topological polar surface area (TPSA) is 50.5 Å². The molecule has 3 rings (SSSR count). The summed E-state index contributed by atoms with van der Waals surface area (Å²) in [4.78, 5) is 2.57. The lowest BCUT2D eigenvalue weighted by Gasteiger charge is -2.39. The lowest BCUT2D eigenvalue weighted by molar-refractivity contribution is 0.112. The molecule has 0 radical (unpaired) electrons. The highest BCUT2D eigenvalue weighted by molar-refractivity contribution is 5.29. The van der Waals surface area contributed by atoms with Crippen LogP contribution in [0.2, 0.25) is 0 Å². The molecule has 4 heteroatoms. The Kier molecular flexibility index (Phi) is 4.48. The summed E-state index contributed by atoms with van der Waals surface area (Å²) in [6.07, 6.45) is 5.18. The fraction of sp³-hybridized carbons (Fsp3) is 0.647. The smallest absolute Gasteiger partial charge is 0.119 e. The summed E-state index contributed by atoms with van der Waals surface area (Å²) in [5.74, 6) is 7.44. The molecule has 2 saturated heterocycles. The van der Waals surface area contributed by atoms with E-state index in [4.69, 9.17) is 10.6 Å². The monoisotopic (exact) mass is 289 g/mol. The Balaban J connectivity index is 1.73. The molecular weight excluding hydrogens is 262 g/mol. The second-order valence-corrected chi connectivity index (χ2v) is 6.43. The molecule has 2 aliphatic heterocycles. The van der Waals surface area contributed by atoms with Crippen LogP contribution in [0.3, 0.4) is 0 Å². The summed E-state index contributed by atoms with van der Waals surface area (Å²) in [6.45, 7) is 2.71. The van der Waals surface area contributed by atoms with Gasteiger partial charge in [0.15, 0.2) is 0 Å². The molecule has 0 spiro atoms. The van der Waals surface area contributed by atoms with Crippen molar-refractivity contribution < 1.29 is 4.74 Å². The van der Waals surface area contributed by atoms with Crippen LogP contribution in [0, 0.1) is 5.92 Å². The third kappa shape index (κ3) is 2.93. The molecule has 3 N–H and O–H groups in total. The number of benzene rings is 1. The van der Waals surface area contributed by atoms with Crippen molar-refractivity contribution in [3.63, 3.8) is 0 Å². The number of nitrogens with one attached hydrogen (secondary N) is 1. The van der Waals surface area contributed by atoms with Gasteiger partial charge in [0.1, 0.15) is 5.75 Å². The summed E-state index contributed by atoms with van der Waals surface area (Å²) >= 11 is 0. The Morgan fingerprint density at radius 3 is 2.38 bits per heavy atom. The summed E-state index contributed by atoms with van der Waals surface area (Å²) in [5, 5.41) is 0. The summed E-state index contributed by atoms with van der Waals surface area (Å²) < 4.78 is 5.52. The van der Waals surface area contributed by atoms with E-state index < -0.39 is 0 Å². The number of fused-ring (bicyclic) bond motifs is 2. The van der Waals surface area contributed by atoms with Gasteiger partial charge in [-0.2, -0.15) is 0 Å². The van der Waals surface area contributed by atoms with Crippen LogP contribution in [0.4, 0.5) is 0 Å². The van der Waals surface area contributed by atoms with Gasteiger partial charge >= 0.3 is 0 Å². The van der Waals surface area contributed by atoms with Gasteiger partial charge in [-0.1, -0.05) is 12.1 Å². The summed E-state index contributed by atoms with van der Waals surface area (Å²) in [5.41, 5.74) is 4.34. The molecule has 1 aromatic rings. The molecule has 2 bridgehead atoms. The highest BCUT2D eigenvalue weighted by Crippen LogP contribution is 2.42. The molecule has 2 heterocycles. The van der Waals surface area contributed by atoms with Gasteiger partial charge in [0.05, 0.1) is 6.61 Å². The molecule has 116 valence electrons. The number of hydrogen-bond donors (Lipinski definition) is 2. The van der Waals surface area contributed by atoms with Crippen molar-refractivity contribution in [2.24, 2.45) is 11.8 Å². The van der Waals surface area contributed by atoms with E-state index >= 15 is 0 Å². The van der Waals surface area contributed by atoms with Gasteiger partial charge in [0, 0.05) is 18.1 Å². The van der Waals surface area contributed by atoms with Crippen LogP contribution < -0.4 is 16.0 Å². The van der Waals surface area contributed by atoms with Crippen molar-refractivity contribution in [2.75, 3.05) is 13.7 Å². The number of nitrogens with two attached hydrogens (primary N) is 1. The van der Waals surface area contributed by atoms with Crippen LogP contribution in [0.1, 0.15) is 44.2 Å². The number of hydrazine groups is 1. The average Bonchev–Trinajstić information content (AvgIpc) is 2.72. The molecule has 2 aliphatic rings. The van der Waals surface area contributed by atoms with Crippen molar-refractivity contribution in [2.45, 2.75) is 50.7 Å². The van der Waals surface area contributed by atoms with E-state index in [0.29, 0.717) is 12.5 Å². The molecular formula is C17H27N3O. The maximum atomic E-state index is 5.88. The molecule has 0 aromatic heterocycles. The van der Waals surface area contributed by atoms with E-state index in [9.17, 15) is 0 Å². The van der Waals surface area contributed by atoms with E-state index in [2.05, 4.69) is 29.5 Å². The molecule has 4 nitrogen and oxygen atoms in total. The number of piperidine rings is 1. The second-order valence-electron chi connectivity index (χ2n) is 6.43. The Morgan fingerprint density at radius 1 is 1.24 bits per heavy atom. The third-order valence-corrected chi connectivity index (χ3v) is 5.34. The first-order chi connectivity index (χ1) is 10.2. The second kappa shape index (κ2) is 6.34. The first kappa shape index (κ1) is 14.8. The number of hydrogen-bond acceptors (Lipinski definition) is 4. The number of rotatable bonds is 5. The van der Waals surface area contributed by atoms with E-state index in [1.807, 2.05) is 19.1 Å². The zero-order valence-corrected chi connectivity index (χ0v) is 13.1. The van der Waals surface area contributed by atoms with Crippen LogP contribution in [-0.4, -0.2) is 30.6 Å². The molecule has 2 fully saturated rings. The van der Waals surface area contributed by atoms with Crippen molar-refractivity contribution in [3.05, 3.63) is 29.8 Å². The Morgan fingerprint density at radius 2 is 1.86 bits per heavy atom. The first-order valence-electron chi connectivity index (χ1n) is 8.13. The first-order valence-corrected chi connectivity index (χ1v) is 8.13. The van der Waals surface area contributed by atoms with Gasteiger partial charge in [0.25, 0.3) is 0 Å². The van der Waals surface area contributed by atoms with Gasteiger partial charge < -0.3 is 9.64 Å². The Hall–Kier alpha value is -1.10. The minimum Gasteiger partial charge on any atom is -0.494 e. The van der Waals surface area contributed by atoms with E-state index in [1.165, 1.54) is 31.2 Å². The van der Waals surface area contributed by atoms with Crippen LogP contribution in [-0.2, 0) is 0 Å². The predicted octanol–water partition coefficient (Wildman–Crippen LogP) is 2.46. The standard InChI is InChI=1S/C17H27N3O/c1-3-21-16-8-4-12(5-9-16)17(19-18)13-10-14-6-7-15(11-13)20(14)2/h4-5,8-9,13-15,17,19H,3,6-7,10-11,18H2,1-2H3. The van der Waals surface area contributed by atoms with E-state index in [-0.39, 0.29) is 6.04 Å². The number of ether oxygens (including phenoxy) is 1. The molecule has 0 saturated carbocycles. The highest BCUT2D eigenvalue weighted by atomic mass is 16.5. The number of nitrogens with zero attached hydrogens (tertiary/aromatic N) is 1. The maximum absolute atomic E-state index is 5.88. The Labute approximate surface area is 127 Å². The lowest BCUT2D eigenvalue weighted by Crippen LogP contribution is -2.45. The zero-order chi connectivity index (χ0) is 14.8. The van der Waals surface area contributed by atoms with E-state index in [0.717, 1.165) is 17.8 Å². The highest BCUT2D eigenvalue weighted by Gasteiger charge is 2.41. The lowest BCUT2D eigenvalue weighted by atomic mass is 9.82. The molecule has 3 atom stereocenters. The van der Waals surface area contributed by atoms with E-state index in [1.54, 1.807) is 0 Å². The fourth-order valence-corrected chi connectivity index (χ4v) is 4.17. The third-order valence-electron chi connectivity index (χ3n) is 5.34. The van der Waals surface area contributed by atoms with Gasteiger partial charge in [-0.3, -0.25) is 11.3 Å². The van der Waals surface area contributed by atoms with Crippen LogP contribution in [0.15, 0.2) is 24.3 Å². The normalized spacial score (nSPS) is 30.3. The fourth-order valence-electron chi connectivity index (χ4n) is 4.17. The predicted molar refractivity (Wildman–Crippen MR) is 85.0 cm³/mol. The minimum absolute atomic E-state index is 0.248. The molecule has 0 aliphatic carbocycles. The zero-order valence-electron chi connectivity index (χ0n) is 13.1. The van der Waals surface area contributed by atoms with Gasteiger partial charge in [-0.15, -0.1) is 0 Å². The molecule has 21 heavy (non-hydrogen) atoms. The summed E-state index contributed by atoms with van der Waals surface area (Å²) in [6, 6.07) is 10.1. The van der Waals surface area contributed by atoms with Gasteiger partial charge in [-0.25, -0.2) is 0 Å². The average molecular weight is 289 g/mol. The quantitative estimate of drug-likeness (QED) is 0.646. The van der Waals surface area contributed by atoms with Crippen molar-refractivity contribution in [1.82, 2.24) is 10.3 Å². The van der Waals surface area contributed by atoms with Crippen LogP contribution in [0.25, 0.3) is 0 Å². The van der Waals surface area contributed by atoms with Crippen molar-refractivity contribution in [3.8, 4) is 5.75 Å². The maximum Gasteiger partial charge on any atom is 0.119 e. The van der Waals surface area contributed by atoms with Gasteiger partial charge in [-0.05, 0) is 63.3 Å². The molecule has 0 amide bonds. The van der Waals surface area contributed by atoms with Crippen molar-refractivity contribution >= 4 is 0 Å². The minimum atomic E-state index is 0.248. The van der Waals surface area contributed by atoms with Crippen molar-refractivity contribution in [1.29, 1.82) is 0 Å². The molecule has 1 aromatic carbocycles. The largest absolute Gasteiger partial charge is 0.494 e. The summed E-state index contributed by atoms with van der Waals surface area (Å²) in [7, 11) is 2.28. The molecule has 3 unspecified atom stereocenters.